The molecule has 1 aliphatic rings. The maximum atomic E-state index is 13.0. The summed E-state index contributed by atoms with van der Waals surface area (Å²) >= 11 is 0. The van der Waals surface area contributed by atoms with Crippen LogP contribution in [0, 0.1) is 5.41 Å². The van der Waals surface area contributed by atoms with Crippen molar-refractivity contribution in [1.29, 1.82) is 0 Å². The maximum absolute atomic E-state index is 13.0. The fourth-order valence-corrected chi connectivity index (χ4v) is 3.28. The van der Waals surface area contributed by atoms with E-state index in [9.17, 15) is 4.79 Å². The molecule has 0 radical (unpaired) electrons. The quantitative estimate of drug-likeness (QED) is 0.842. The number of nitrogens with zero attached hydrogens (tertiary/aromatic N) is 1. The second kappa shape index (κ2) is 5.96. The lowest BCUT2D eigenvalue weighted by molar-refractivity contribution is -0.141. The SMILES string of the molecule is CC(C)(Cc1ccccc1)C(=O)N1CCc2ccccc2C1. The fraction of sp³-hybridized carbons (Fsp3) is 0.350. The van der Waals surface area contributed by atoms with E-state index >= 15 is 0 Å². The highest BCUT2D eigenvalue weighted by Crippen LogP contribution is 2.28. The molecule has 0 aromatic heterocycles. The molecule has 0 fully saturated rings. The summed E-state index contributed by atoms with van der Waals surface area (Å²) in [6.07, 6.45) is 1.74. The van der Waals surface area contributed by atoms with Crippen LogP contribution >= 0.6 is 0 Å². The van der Waals surface area contributed by atoms with Crippen LogP contribution in [0.5, 0.6) is 0 Å². The second-order valence-electron chi connectivity index (χ2n) is 6.79. The number of fused-ring (bicyclic) bond motifs is 1. The second-order valence-corrected chi connectivity index (χ2v) is 6.79. The van der Waals surface area contributed by atoms with Crippen LogP contribution in [-0.2, 0) is 24.2 Å². The molecule has 0 unspecified atom stereocenters. The van der Waals surface area contributed by atoms with E-state index in [1.54, 1.807) is 0 Å². The lowest BCUT2D eigenvalue weighted by atomic mass is 9.83. The Bertz CT molecular complexity index is 660. The first-order chi connectivity index (χ1) is 10.6. The molecule has 1 amide bonds. The normalized spacial score (nSPS) is 14.5. The third-order valence-electron chi connectivity index (χ3n) is 4.49. The molecule has 0 saturated carbocycles. The van der Waals surface area contributed by atoms with Gasteiger partial charge < -0.3 is 4.90 Å². The summed E-state index contributed by atoms with van der Waals surface area (Å²) in [7, 11) is 0. The molecular formula is C20H23NO. The van der Waals surface area contributed by atoms with Crippen LogP contribution in [0.1, 0.15) is 30.5 Å². The van der Waals surface area contributed by atoms with Crippen LogP contribution in [0.4, 0.5) is 0 Å². The van der Waals surface area contributed by atoms with Gasteiger partial charge in [0.25, 0.3) is 0 Å². The zero-order valence-electron chi connectivity index (χ0n) is 13.4. The Morgan fingerprint density at radius 3 is 2.36 bits per heavy atom. The molecule has 0 atom stereocenters. The van der Waals surface area contributed by atoms with E-state index in [2.05, 4.69) is 50.2 Å². The molecule has 3 rings (SSSR count). The number of benzene rings is 2. The van der Waals surface area contributed by atoms with Gasteiger partial charge in [-0.15, -0.1) is 0 Å². The van der Waals surface area contributed by atoms with Crippen LogP contribution in [-0.4, -0.2) is 17.4 Å². The van der Waals surface area contributed by atoms with Crippen LogP contribution in [0.3, 0.4) is 0 Å². The number of hydrogen-bond acceptors (Lipinski definition) is 1. The van der Waals surface area contributed by atoms with E-state index in [-0.39, 0.29) is 11.3 Å². The van der Waals surface area contributed by atoms with E-state index in [4.69, 9.17) is 0 Å². The monoisotopic (exact) mass is 293 g/mol. The molecule has 0 N–H and O–H groups in total. The lowest BCUT2D eigenvalue weighted by Gasteiger charge is -2.35. The van der Waals surface area contributed by atoms with Crippen molar-refractivity contribution in [2.24, 2.45) is 5.41 Å². The summed E-state index contributed by atoms with van der Waals surface area (Å²) in [6.45, 7) is 5.69. The van der Waals surface area contributed by atoms with Gasteiger partial charge in [0.1, 0.15) is 0 Å². The van der Waals surface area contributed by atoms with Gasteiger partial charge in [-0.3, -0.25) is 4.79 Å². The van der Waals surface area contributed by atoms with Gasteiger partial charge in [0.15, 0.2) is 0 Å². The minimum Gasteiger partial charge on any atom is -0.338 e. The first-order valence-corrected chi connectivity index (χ1v) is 7.96. The molecule has 1 aliphatic heterocycles. The molecule has 2 heteroatoms. The molecule has 2 aromatic rings. The van der Waals surface area contributed by atoms with Crippen molar-refractivity contribution in [3.05, 3.63) is 71.3 Å². The highest BCUT2D eigenvalue weighted by Gasteiger charge is 2.33. The van der Waals surface area contributed by atoms with Gasteiger partial charge in [-0.1, -0.05) is 68.4 Å². The Kier molecular flexibility index (Phi) is 4.02. The summed E-state index contributed by atoms with van der Waals surface area (Å²) in [6, 6.07) is 18.7. The Morgan fingerprint density at radius 2 is 1.64 bits per heavy atom. The molecule has 0 bridgehead atoms. The zero-order chi connectivity index (χ0) is 15.6. The van der Waals surface area contributed by atoms with E-state index < -0.39 is 0 Å². The number of amides is 1. The number of carbonyl (C=O) groups is 1. The van der Waals surface area contributed by atoms with Crippen molar-refractivity contribution in [2.45, 2.75) is 33.2 Å². The summed E-state index contributed by atoms with van der Waals surface area (Å²) in [5.41, 5.74) is 3.52. The van der Waals surface area contributed by atoms with Gasteiger partial charge in [0, 0.05) is 18.5 Å². The number of hydrogen-bond donors (Lipinski definition) is 0. The molecule has 2 aromatic carbocycles. The van der Waals surface area contributed by atoms with Crippen LogP contribution in [0.25, 0.3) is 0 Å². The Labute approximate surface area is 132 Å². The van der Waals surface area contributed by atoms with E-state index in [0.29, 0.717) is 0 Å². The summed E-state index contributed by atoms with van der Waals surface area (Å²) in [5, 5.41) is 0. The van der Waals surface area contributed by atoms with Crippen molar-refractivity contribution >= 4 is 5.91 Å². The van der Waals surface area contributed by atoms with Crippen molar-refractivity contribution < 1.29 is 4.79 Å². The highest BCUT2D eigenvalue weighted by atomic mass is 16.2. The molecule has 22 heavy (non-hydrogen) atoms. The van der Waals surface area contributed by atoms with Crippen molar-refractivity contribution in [3.8, 4) is 0 Å². The molecule has 0 aliphatic carbocycles. The molecule has 114 valence electrons. The third kappa shape index (κ3) is 3.06. The molecule has 2 nitrogen and oxygen atoms in total. The number of rotatable bonds is 3. The first kappa shape index (κ1) is 14.8. The van der Waals surface area contributed by atoms with Gasteiger partial charge in [0.05, 0.1) is 0 Å². The predicted octanol–water partition coefficient (Wildman–Crippen LogP) is 3.84. The molecule has 0 spiro atoms. The van der Waals surface area contributed by atoms with E-state index in [1.807, 2.05) is 23.1 Å². The molecular weight excluding hydrogens is 270 g/mol. The Morgan fingerprint density at radius 1 is 1.00 bits per heavy atom. The summed E-state index contributed by atoms with van der Waals surface area (Å²) in [5.74, 6) is 0.255. The number of carbonyl (C=O) groups excluding carboxylic acids is 1. The minimum absolute atomic E-state index is 0.255. The van der Waals surface area contributed by atoms with E-state index in [0.717, 1.165) is 25.9 Å². The van der Waals surface area contributed by atoms with Crippen LogP contribution in [0.2, 0.25) is 0 Å². The van der Waals surface area contributed by atoms with Crippen molar-refractivity contribution in [3.63, 3.8) is 0 Å². The smallest absolute Gasteiger partial charge is 0.228 e. The minimum atomic E-state index is -0.367. The van der Waals surface area contributed by atoms with Crippen molar-refractivity contribution in [2.75, 3.05) is 6.54 Å². The summed E-state index contributed by atoms with van der Waals surface area (Å²) in [4.78, 5) is 15.0. The average Bonchev–Trinajstić information content (AvgIpc) is 2.54. The third-order valence-corrected chi connectivity index (χ3v) is 4.49. The Hall–Kier alpha value is -2.09. The van der Waals surface area contributed by atoms with Gasteiger partial charge >= 0.3 is 0 Å². The lowest BCUT2D eigenvalue weighted by Crippen LogP contribution is -2.44. The van der Waals surface area contributed by atoms with Gasteiger partial charge in [-0.05, 0) is 29.5 Å². The highest BCUT2D eigenvalue weighted by molar-refractivity contribution is 5.82. The summed E-state index contributed by atoms with van der Waals surface area (Å²) < 4.78 is 0. The zero-order valence-corrected chi connectivity index (χ0v) is 13.4. The maximum Gasteiger partial charge on any atom is 0.228 e. The van der Waals surface area contributed by atoms with Crippen molar-refractivity contribution in [1.82, 2.24) is 4.90 Å². The standard InChI is InChI=1S/C20H23NO/c1-20(2,14-16-8-4-3-5-9-16)19(22)21-13-12-17-10-6-7-11-18(17)15-21/h3-11H,12-15H2,1-2H3. The predicted molar refractivity (Wildman–Crippen MR) is 89.5 cm³/mol. The van der Waals surface area contributed by atoms with E-state index in [1.165, 1.54) is 16.7 Å². The van der Waals surface area contributed by atoms with Gasteiger partial charge in [0.2, 0.25) is 5.91 Å². The first-order valence-electron chi connectivity index (χ1n) is 7.96. The van der Waals surface area contributed by atoms with Crippen LogP contribution < -0.4 is 0 Å². The topological polar surface area (TPSA) is 20.3 Å². The Balaban J connectivity index is 1.73. The van der Waals surface area contributed by atoms with Gasteiger partial charge in [-0.2, -0.15) is 0 Å². The van der Waals surface area contributed by atoms with Crippen LogP contribution in [0.15, 0.2) is 54.6 Å². The fourth-order valence-electron chi connectivity index (χ4n) is 3.28. The van der Waals surface area contributed by atoms with Gasteiger partial charge in [-0.25, -0.2) is 0 Å². The molecule has 0 saturated heterocycles. The largest absolute Gasteiger partial charge is 0.338 e. The molecule has 1 heterocycles. The average molecular weight is 293 g/mol.